The summed E-state index contributed by atoms with van der Waals surface area (Å²) in [5.41, 5.74) is 2.90. The van der Waals surface area contributed by atoms with E-state index in [1.165, 1.54) is 24.0 Å². The van der Waals surface area contributed by atoms with E-state index in [1.54, 1.807) is 0 Å². The van der Waals surface area contributed by atoms with Crippen LogP contribution in [0.2, 0.25) is 0 Å². The van der Waals surface area contributed by atoms with Crippen LogP contribution in [0.4, 0.5) is 0 Å². The van der Waals surface area contributed by atoms with Crippen molar-refractivity contribution in [1.82, 2.24) is 0 Å². The first-order valence-corrected chi connectivity index (χ1v) is 5.03. The van der Waals surface area contributed by atoms with E-state index in [2.05, 4.69) is 33.4 Å². The minimum Gasteiger partial charge on any atom is -0.0953 e. The van der Waals surface area contributed by atoms with Gasteiger partial charge in [0.15, 0.2) is 0 Å². The van der Waals surface area contributed by atoms with Gasteiger partial charge in [-0.25, -0.2) is 0 Å². The first-order valence-electron chi connectivity index (χ1n) is 5.03. The van der Waals surface area contributed by atoms with Crippen LogP contribution in [0.25, 0.3) is 0 Å². The molecule has 0 N–H and O–H groups in total. The SMILES string of the molecule is C=C1/C(=C\CC)CC(C)CC1C. The van der Waals surface area contributed by atoms with Gasteiger partial charge in [0, 0.05) is 0 Å². The van der Waals surface area contributed by atoms with Crippen molar-refractivity contribution in [3.8, 4) is 0 Å². The molecule has 0 saturated heterocycles. The van der Waals surface area contributed by atoms with Crippen molar-refractivity contribution >= 4 is 0 Å². The monoisotopic (exact) mass is 164 g/mol. The van der Waals surface area contributed by atoms with Crippen LogP contribution in [0.5, 0.6) is 0 Å². The predicted molar refractivity (Wildman–Crippen MR) is 55.1 cm³/mol. The second-order valence-electron chi connectivity index (χ2n) is 4.11. The fourth-order valence-corrected chi connectivity index (χ4v) is 2.11. The van der Waals surface area contributed by atoms with Gasteiger partial charge in [0.2, 0.25) is 0 Å². The van der Waals surface area contributed by atoms with Gasteiger partial charge in [-0.3, -0.25) is 0 Å². The fourth-order valence-electron chi connectivity index (χ4n) is 2.11. The average Bonchev–Trinajstić information content (AvgIpc) is 2.00. The van der Waals surface area contributed by atoms with Gasteiger partial charge < -0.3 is 0 Å². The quantitative estimate of drug-likeness (QED) is 0.550. The Morgan fingerprint density at radius 3 is 2.75 bits per heavy atom. The van der Waals surface area contributed by atoms with E-state index in [9.17, 15) is 0 Å². The topological polar surface area (TPSA) is 0 Å². The van der Waals surface area contributed by atoms with Crippen molar-refractivity contribution in [3.05, 3.63) is 23.8 Å². The van der Waals surface area contributed by atoms with Crippen molar-refractivity contribution < 1.29 is 0 Å². The van der Waals surface area contributed by atoms with Gasteiger partial charge in [-0.1, -0.05) is 33.4 Å². The second-order valence-corrected chi connectivity index (χ2v) is 4.11. The lowest BCUT2D eigenvalue weighted by molar-refractivity contribution is 0.417. The lowest BCUT2D eigenvalue weighted by atomic mass is 9.77. The Balaban J connectivity index is 2.73. The molecular weight excluding hydrogens is 144 g/mol. The summed E-state index contributed by atoms with van der Waals surface area (Å²) in [6.45, 7) is 11.0. The van der Waals surface area contributed by atoms with E-state index < -0.39 is 0 Å². The maximum atomic E-state index is 4.16. The van der Waals surface area contributed by atoms with Gasteiger partial charge in [-0.15, -0.1) is 0 Å². The third-order valence-electron chi connectivity index (χ3n) is 2.78. The number of hydrogen-bond acceptors (Lipinski definition) is 0. The second kappa shape index (κ2) is 3.93. The van der Waals surface area contributed by atoms with Crippen molar-refractivity contribution in [2.75, 3.05) is 0 Å². The summed E-state index contributed by atoms with van der Waals surface area (Å²) in [4.78, 5) is 0. The largest absolute Gasteiger partial charge is 0.0953 e. The Bertz CT molecular complexity index is 198. The van der Waals surface area contributed by atoms with Crippen molar-refractivity contribution in [2.45, 2.75) is 40.0 Å². The molecular formula is C12H20. The van der Waals surface area contributed by atoms with Gasteiger partial charge in [0.1, 0.15) is 0 Å². The van der Waals surface area contributed by atoms with Crippen LogP contribution < -0.4 is 0 Å². The summed E-state index contributed by atoms with van der Waals surface area (Å²) in [5, 5.41) is 0. The van der Waals surface area contributed by atoms with Gasteiger partial charge >= 0.3 is 0 Å². The molecule has 68 valence electrons. The molecule has 1 rings (SSSR count). The minimum absolute atomic E-state index is 0.701. The summed E-state index contributed by atoms with van der Waals surface area (Å²) in [5.74, 6) is 1.55. The average molecular weight is 164 g/mol. The summed E-state index contributed by atoms with van der Waals surface area (Å²) >= 11 is 0. The molecule has 0 spiro atoms. The molecule has 0 aromatic rings. The summed E-state index contributed by atoms with van der Waals surface area (Å²) < 4.78 is 0. The third-order valence-corrected chi connectivity index (χ3v) is 2.78. The Labute approximate surface area is 76.4 Å². The Hall–Kier alpha value is -0.520. The molecule has 0 amide bonds. The molecule has 0 aromatic heterocycles. The maximum Gasteiger partial charge on any atom is -0.0191 e. The molecule has 1 aliphatic carbocycles. The molecule has 0 bridgehead atoms. The van der Waals surface area contributed by atoms with Crippen LogP contribution in [-0.2, 0) is 0 Å². The van der Waals surface area contributed by atoms with E-state index in [-0.39, 0.29) is 0 Å². The summed E-state index contributed by atoms with van der Waals surface area (Å²) in [7, 11) is 0. The van der Waals surface area contributed by atoms with E-state index in [0.717, 1.165) is 12.3 Å². The maximum absolute atomic E-state index is 4.16. The van der Waals surface area contributed by atoms with Crippen molar-refractivity contribution in [3.63, 3.8) is 0 Å². The van der Waals surface area contributed by atoms with Gasteiger partial charge in [-0.05, 0) is 42.2 Å². The molecule has 0 heteroatoms. The lowest BCUT2D eigenvalue weighted by Gasteiger charge is -2.28. The molecule has 0 aromatic carbocycles. The first-order chi connectivity index (χ1) is 5.65. The standard InChI is InChI=1S/C12H20/c1-5-6-12-8-9(2)7-10(3)11(12)4/h6,9-10H,4-5,7-8H2,1-3H3/b12-6-. The molecule has 1 fully saturated rings. The van der Waals surface area contributed by atoms with E-state index in [1.807, 2.05) is 0 Å². The normalized spacial score (nSPS) is 34.2. The van der Waals surface area contributed by atoms with Crippen LogP contribution in [0.3, 0.4) is 0 Å². The number of allylic oxidation sites excluding steroid dienone is 3. The van der Waals surface area contributed by atoms with Crippen LogP contribution >= 0.6 is 0 Å². The van der Waals surface area contributed by atoms with Gasteiger partial charge in [-0.2, -0.15) is 0 Å². The Kier molecular flexibility index (Phi) is 3.13. The molecule has 0 nitrogen and oxygen atoms in total. The molecule has 0 aliphatic heterocycles. The molecule has 1 aliphatic rings. The number of hydrogen-bond donors (Lipinski definition) is 0. The lowest BCUT2D eigenvalue weighted by Crippen LogP contribution is -2.15. The Morgan fingerprint density at radius 1 is 1.50 bits per heavy atom. The highest BCUT2D eigenvalue weighted by Crippen LogP contribution is 2.35. The zero-order valence-corrected chi connectivity index (χ0v) is 8.56. The highest BCUT2D eigenvalue weighted by molar-refractivity contribution is 5.32. The summed E-state index contributed by atoms with van der Waals surface area (Å²) in [6.07, 6.45) is 6.05. The minimum atomic E-state index is 0.701. The summed E-state index contributed by atoms with van der Waals surface area (Å²) in [6, 6.07) is 0. The third kappa shape index (κ3) is 2.00. The Morgan fingerprint density at radius 2 is 2.17 bits per heavy atom. The predicted octanol–water partition coefficient (Wildman–Crippen LogP) is 3.95. The van der Waals surface area contributed by atoms with Crippen LogP contribution in [-0.4, -0.2) is 0 Å². The number of rotatable bonds is 1. The molecule has 1 saturated carbocycles. The molecule has 0 radical (unpaired) electrons. The van der Waals surface area contributed by atoms with Crippen molar-refractivity contribution in [2.24, 2.45) is 11.8 Å². The van der Waals surface area contributed by atoms with E-state index in [4.69, 9.17) is 0 Å². The molecule has 2 unspecified atom stereocenters. The zero-order chi connectivity index (χ0) is 9.14. The fraction of sp³-hybridized carbons (Fsp3) is 0.667. The molecule has 12 heavy (non-hydrogen) atoms. The van der Waals surface area contributed by atoms with Crippen LogP contribution in [0, 0.1) is 11.8 Å². The smallest absolute Gasteiger partial charge is 0.0191 e. The highest BCUT2D eigenvalue weighted by atomic mass is 14.3. The molecule has 2 atom stereocenters. The van der Waals surface area contributed by atoms with E-state index >= 15 is 0 Å². The van der Waals surface area contributed by atoms with Gasteiger partial charge in [0.25, 0.3) is 0 Å². The molecule has 0 heterocycles. The highest BCUT2D eigenvalue weighted by Gasteiger charge is 2.21. The van der Waals surface area contributed by atoms with Crippen LogP contribution in [0.15, 0.2) is 23.8 Å². The first kappa shape index (κ1) is 9.57. The zero-order valence-electron chi connectivity index (χ0n) is 8.56. The van der Waals surface area contributed by atoms with Crippen LogP contribution in [0.1, 0.15) is 40.0 Å². The van der Waals surface area contributed by atoms with E-state index in [0.29, 0.717) is 5.92 Å². The van der Waals surface area contributed by atoms with Crippen molar-refractivity contribution in [1.29, 1.82) is 0 Å². The van der Waals surface area contributed by atoms with Gasteiger partial charge in [0.05, 0.1) is 0 Å².